The van der Waals surface area contributed by atoms with E-state index in [1.165, 1.54) is 27.6 Å². The standard InChI is InChI=1S/C28H35N3O3/c1-5-21-8-7-9-23-25(18-29-27(21)23)24(22-11-10-19(3)16-20(22)4)17-26(32)30-12-14-31(15-13-30)28(33)34-6-2/h7-11,16,18,24,29H,5-6,12-15,17H2,1-4H3. The molecule has 0 aliphatic carbocycles. The third kappa shape index (κ3) is 4.81. The molecule has 1 saturated heterocycles. The van der Waals surface area contributed by atoms with Gasteiger partial charge in [-0.1, -0.05) is 48.9 Å². The molecule has 1 aliphatic rings. The molecule has 34 heavy (non-hydrogen) atoms. The van der Waals surface area contributed by atoms with Gasteiger partial charge in [-0.3, -0.25) is 4.79 Å². The molecule has 2 aromatic carbocycles. The van der Waals surface area contributed by atoms with E-state index in [1.807, 2.05) is 4.90 Å². The Balaban J connectivity index is 1.62. The third-order valence-electron chi connectivity index (χ3n) is 6.93. The number of H-pyrrole nitrogens is 1. The van der Waals surface area contributed by atoms with Crippen molar-refractivity contribution in [1.29, 1.82) is 0 Å². The zero-order valence-electron chi connectivity index (χ0n) is 20.7. The summed E-state index contributed by atoms with van der Waals surface area (Å²) in [5, 5.41) is 1.18. The van der Waals surface area contributed by atoms with Crippen molar-refractivity contribution in [3.63, 3.8) is 0 Å². The van der Waals surface area contributed by atoms with E-state index >= 15 is 0 Å². The van der Waals surface area contributed by atoms with Gasteiger partial charge in [0.1, 0.15) is 0 Å². The summed E-state index contributed by atoms with van der Waals surface area (Å²) in [7, 11) is 0. The van der Waals surface area contributed by atoms with Crippen molar-refractivity contribution in [2.45, 2.75) is 46.5 Å². The van der Waals surface area contributed by atoms with Crippen molar-refractivity contribution in [3.8, 4) is 0 Å². The van der Waals surface area contributed by atoms with E-state index in [2.05, 4.69) is 68.4 Å². The molecule has 3 aromatic rings. The average molecular weight is 462 g/mol. The van der Waals surface area contributed by atoms with Crippen LogP contribution in [0.4, 0.5) is 4.79 Å². The number of hydrogen-bond donors (Lipinski definition) is 1. The van der Waals surface area contributed by atoms with Crippen LogP contribution in [0.1, 0.15) is 54.0 Å². The van der Waals surface area contributed by atoms with Gasteiger partial charge in [0.2, 0.25) is 5.91 Å². The van der Waals surface area contributed by atoms with Crippen LogP contribution in [0.5, 0.6) is 0 Å². The summed E-state index contributed by atoms with van der Waals surface area (Å²) in [5.74, 6) is 0.0755. The first-order chi connectivity index (χ1) is 16.4. The van der Waals surface area contributed by atoms with E-state index in [-0.39, 0.29) is 17.9 Å². The molecule has 6 heteroatoms. The SMILES string of the molecule is CCOC(=O)N1CCN(C(=O)CC(c2ccc(C)cc2C)c2c[nH]c3c(CC)cccc23)CC1. The molecule has 0 radical (unpaired) electrons. The van der Waals surface area contributed by atoms with Gasteiger partial charge in [-0.25, -0.2) is 4.79 Å². The number of ether oxygens (including phenoxy) is 1. The van der Waals surface area contributed by atoms with Gasteiger partial charge in [0, 0.05) is 55.6 Å². The number of nitrogens with zero attached hydrogens (tertiary/aromatic N) is 2. The molecule has 4 rings (SSSR count). The number of aromatic amines is 1. The largest absolute Gasteiger partial charge is 0.450 e. The van der Waals surface area contributed by atoms with Gasteiger partial charge in [-0.05, 0) is 49.4 Å². The summed E-state index contributed by atoms with van der Waals surface area (Å²) < 4.78 is 5.11. The Morgan fingerprint density at radius 2 is 1.74 bits per heavy atom. The van der Waals surface area contributed by atoms with Gasteiger partial charge >= 0.3 is 6.09 Å². The number of hydrogen-bond acceptors (Lipinski definition) is 3. The first-order valence-electron chi connectivity index (χ1n) is 12.3. The Bertz CT molecular complexity index is 1170. The lowest BCUT2D eigenvalue weighted by molar-refractivity contribution is -0.133. The number of aryl methyl sites for hydroxylation is 3. The van der Waals surface area contributed by atoms with Crippen LogP contribution in [0.2, 0.25) is 0 Å². The summed E-state index contributed by atoms with van der Waals surface area (Å²) in [6.07, 6.45) is 3.13. The van der Waals surface area contributed by atoms with Crippen LogP contribution in [-0.4, -0.2) is 59.6 Å². The molecular formula is C28H35N3O3. The number of rotatable bonds is 6. The predicted molar refractivity (Wildman–Crippen MR) is 135 cm³/mol. The Morgan fingerprint density at radius 3 is 2.41 bits per heavy atom. The molecule has 2 heterocycles. The lowest BCUT2D eigenvalue weighted by Crippen LogP contribution is -2.50. The summed E-state index contributed by atoms with van der Waals surface area (Å²) in [5.41, 5.74) is 7.21. The van der Waals surface area contributed by atoms with Gasteiger partial charge in [-0.15, -0.1) is 0 Å². The number of piperazine rings is 1. The molecule has 0 saturated carbocycles. The lowest BCUT2D eigenvalue weighted by atomic mass is 9.84. The highest BCUT2D eigenvalue weighted by atomic mass is 16.6. The van der Waals surface area contributed by atoms with E-state index in [0.717, 1.165) is 17.5 Å². The first-order valence-corrected chi connectivity index (χ1v) is 12.3. The lowest BCUT2D eigenvalue weighted by Gasteiger charge is -2.35. The minimum Gasteiger partial charge on any atom is -0.450 e. The first kappa shape index (κ1) is 23.9. The predicted octanol–water partition coefficient (Wildman–Crippen LogP) is 5.17. The fourth-order valence-electron chi connectivity index (χ4n) is 5.08. The van der Waals surface area contributed by atoms with Crippen LogP contribution in [0.25, 0.3) is 10.9 Å². The summed E-state index contributed by atoms with van der Waals surface area (Å²) in [6.45, 7) is 10.6. The molecule has 180 valence electrons. The van der Waals surface area contributed by atoms with Crippen LogP contribution in [0, 0.1) is 13.8 Å². The molecule has 1 N–H and O–H groups in total. The fraction of sp³-hybridized carbons (Fsp3) is 0.429. The van der Waals surface area contributed by atoms with Gasteiger partial charge in [-0.2, -0.15) is 0 Å². The van der Waals surface area contributed by atoms with E-state index in [0.29, 0.717) is 39.2 Å². The molecule has 1 unspecified atom stereocenters. The van der Waals surface area contributed by atoms with Gasteiger partial charge in [0.15, 0.2) is 0 Å². The van der Waals surface area contributed by atoms with Crippen LogP contribution < -0.4 is 0 Å². The number of benzene rings is 2. The molecular weight excluding hydrogens is 426 g/mol. The highest BCUT2D eigenvalue weighted by Gasteiger charge is 2.29. The third-order valence-corrected chi connectivity index (χ3v) is 6.93. The van der Waals surface area contributed by atoms with Gasteiger partial charge < -0.3 is 19.5 Å². The smallest absolute Gasteiger partial charge is 0.409 e. The van der Waals surface area contributed by atoms with Crippen molar-refractivity contribution in [2.24, 2.45) is 0 Å². The van der Waals surface area contributed by atoms with Crippen molar-refractivity contribution >= 4 is 22.9 Å². The molecule has 1 aromatic heterocycles. The second kappa shape index (κ2) is 10.3. The number of amides is 2. The molecule has 1 fully saturated rings. The quantitative estimate of drug-likeness (QED) is 0.551. The highest BCUT2D eigenvalue weighted by molar-refractivity contribution is 5.88. The Hall–Kier alpha value is -3.28. The van der Waals surface area contributed by atoms with Crippen molar-refractivity contribution < 1.29 is 14.3 Å². The maximum Gasteiger partial charge on any atom is 0.409 e. The van der Waals surface area contributed by atoms with Gasteiger partial charge in [0.05, 0.1) is 6.61 Å². The summed E-state index contributed by atoms with van der Waals surface area (Å²) in [4.78, 5) is 32.6. The van der Waals surface area contributed by atoms with Crippen LogP contribution in [-0.2, 0) is 16.0 Å². The monoisotopic (exact) mass is 461 g/mol. The molecule has 0 bridgehead atoms. The number of carbonyl (C=O) groups is 2. The summed E-state index contributed by atoms with van der Waals surface area (Å²) >= 11 is 0. The molecule has 6 nitrogen and oxygen atoms in total. The zero-order chi connectivity index (χ0) is 24.2. The molecule has 1 atom stereocenters. The van der Waals surface area contributed by atoms with E-state index in [1.54, 1.807) is 11.8 Å². The Labute approximate surface area is 201 Å². The van der Waals surface area contributed by atoms with Crippen LogP contribution in [0.3, 0.4) is 0 Å². The number of carbonyl (C=O) groups excluding carboxylic acids is 2. The van der Waals surface area contributed by atoms with Gasteiger partial charge in [0.25, 0.3) is 0 Å². The summed E-state index contributed by atoms with van der Waals surface area (Å²) in [6, 6.07) is 12.9. The zero-order valence-corrected chi connectivity index (χ0v) is 20.7. The topological polar surface area (TPSA) is 65.6 Å². The van der Waals surface area contributed by atoms with Crippen LogP contribution in [0.15, 0.2) is 42.6 Å². The average Bonchev–Trinajstić information content (AvgIpc) is 3.27. The normalized spacial score (nSPS) is 14.9. The number of fused-ring (bicyclic) bond motifs is 1. The maximum absolute atomic E-state index is 13.5. The number of aromatic nitrogens is 1. The van der Waals surface area contributed by atoms with Crippen LogP contribution >= 0.6 is 0 Å². The minimum absolute atomic E-state index is 0.0444. The van der Waals surface area contributed by atoms with Crippen molar-refractivity contribution in [1.82, 2.24) is 14.8 Å². The Kier molecular flexibility index (Phi) is 7.25. The number of para-hydroxylation sites is 1. The minimum atomic E-state index is -0.298. The molecule has 2 amide bonds. The highest BCUT2D eigenvalue weighted by Crippen LogP contribution is 2.36. The number of nitrogens with one attached hydrogen (secondary N) is 1. The van der Waals surface area contributed by atoms with Crippen molar-refractivity contribution in [3.05, 3.63) is 70.4 Å². The Morgan fingerprint density at radius 1 is 1.00 bits per heavy atom. The molecule has 1 aliphatic heterocycles. The second-order valence-electron chi connectivity index (χ2n) is 9.12. The van der Waals surface area contributed by atoms with E-state index in [4.69, 9.17) is 4.74 Å². The maximum atomic E-state index is 13.5. The van der Waals surface area contributed by atoms with E-state index < -0.39 is 0 Å². The second-order valence-corrected chi connectivity index (χ2v) is 9.12. The molecule has 0 spiro atoms. The van der Waals surface area contributed by atoms with Crippen molar-refractivity contribution in [2.75, 3.05) is 32.8 Å². The van der Waals surface area contributed by atoms with E-state index in [9.17, 15) is 9.59 Å². The fourth-order valence-corrected chi connectivity index (χ4v) is 5.08.